The number of nitrogens with zero attached hydrogens (tertiary/aromatic N) is 3. The zero-order chi connectivity index (χ0) is 17.6. The van der Waals surface area contributed by atoms with Crippen molar-refractivity contribution in [3.63, 3.8) is 0 Å². The van der Waals surface area contributed by atoms with Gasteiger partial charge in [0.05, 0.1) is 25.7 Å². The van der Waals surface area contributed by atoms with E-state index in [-0.39, 0.29) is 11.5 Å². The van der Waals surface area contributed by atoms with E-state index < -0.39 is 0 Å². The highest BCUT2D eigenvalue weighted by atomic mass is 32.2. The average molecular weight is 355 g/mol. The van der Waals surface area contributed by atoms with Gasteiger partial charge < -0.3 is 9.47 Å². The van der Waals surface area contributed by atoms with Crippen LogP contribution in [0.15, 0.2) is 60.0 Å². The minimum absolute atomic E-state index is 0.00141. The molecule has 0 atom stereocenters. The van der Waals surface area contributed by atoms with E-state index in [0.717, 1.165) is 5.69 Å². The van der Waals surface area contributed by atoms with Crippen LogP contribution in [0.3, 0.4) is 0 Å². The van der Waals surface area contributed by atoms with E-state index in [1.54, 1.807) is 38.7 Å². The van der Waals surface area contributed by atoms with Gasteiger partial charge in [-0.3, -0.25) is 9.36 Å². The molecule has 0 bridgehead atoms. The molecule has 6 nitrogen and oxygen atoms in total. The third kappa shape index (κ3) is 3.83. The Labute approximate surface area is 149 Å². The normalized spacial score (nSPS) is 10.5. The fourth-order valence-corrected chi connectivity index (χ4v) is 3.14. The lowest BCUT2D eigenvalue weighted by molar-refractivity contribution is 0.102. The number of ether oxygens (including phenoxy) is 2. The number of rotatable bonds is 7. The van der Waals surface area contributed by atoms with Crippen molar-refractivity contribution in [1.29, 1.82) is 0 Å². The molecule has 7 heteroatoms. The van der Waals surface area contributed by atoms with Crippen LogP contribution in [0.1, 0.15) is 10.4 Å². The van der Waals surface area contributed by atoms with E-state index in [9.17, 15) is 4.79 Å². The summed E-state index contributed by atoms with van der Waals surface area (Å²) >= 11 is 1.33. The van der Waals surface area contributed by atoms with Crippen LogP contribution >= 0.6 is 11.8 Å². The van der Waals surface area contributed by atoms with Gasteiger partial charge in [-0.1, -0.05) is 36.0 Å². The maximum absolute atomic E-state index is 12.4. The molecular weight excluding hydrogens is 338 g/mol. The summed E-state index contributed by atoms with van der Waals surface area (Å²) in [7, 11) is 3.19. The van der Waals surface area contributed by atoms with Crippen molar-refractivity contribution in [2.75, 3.05) is 20.0 Å². The van der Waals surface area contributed by atoms with Crippen LogP contribution in [0.4, 0.5) is 0 Å². The molecule has 0 aliphatic rings. The lowest BCUT2D eigenvalue weighted by Crippen LogP contribution is -2.05. The monoisotopic (exact) mass is 355 g/mol. The molecule has 0 saturated carbocycles. The number of aromatic nitrogens is 3. The van der Waals surface area contributed by atoms with Crippen molar-refractivity contribution >= 4 is 17.5 Å². The van der Waals surface area contributed by atoms with E-state index in [1.807, 2.05) is 34.9 Å². The first kappa shape index (κ1) is 17.0. The Bertz CT molecular complexity index is 879. The number of carbonyl (C=O) groups excluding carboxylic acids is 1. The third-order valence-electron chi connectivity index (χ3n) is 3.59. The van der Waals surface area contributed by atoms with E-state index >= 15 is 0 Å². The zero-order valence-corrected chi connectivity index (χ0v) is 14.7. The van der Waals surface area contributed by atoms with E-state index in [2.05, 4.69) is 10.2 Å². The number of ketones is 1. The van der Waals surface area contributed by atoms with E-state index in [4.69, 9.17) is 9.47 Å². The van der Waals surface area contributed by atoms with E-state index in [0.29, 0.717) is 22.2 Å². The van der Waals surface area contributed by atoms with Gasteiger partial charge in [0.15, 0.2) is 10.9 Å². The summed E-state index contributed by atoms with van der Waals surface area (Å²) in [6.45, 7) is 0. The first-order valence-electron chi connectivity index (χ1n) is 7.56. The van der Waals surface area contributed by atoms with Crippen LogP contribution in [-0.4, -0.2) is 40.5 Å². The van der Waals surface area contributed by atoms with Gasteiger partial charge >= 0.3 is 0 Å². The summed E-state index contributed by atoms with van der Waals surface area (Å²) in [5.74, 6) is 1.62. The second kappa shape index (κ2) is 7.85. The van der Waals surface area contributed by atoms with Crippen molar-refractivity contribution in [3.8, 4) is 17.2 Å². The van der Waals surface area contributed by atoms with Crippen LogP contribution in [0.2, 0.25) is 0 Å². The summed E-state index contributed by atoms with van der Waals surface area (Å²) < 4.78 is 12.3. The minimum atomic E-state index is -0.00141. The second-order valence-electron chi connectivity index (χ2n) is 5.10. The molecule has 0 aliphatic heterocycles. The molecule has 0 saturated heterocycles. The molecule has 2 aromatic carbocycles. The Morgan fingerprint density at radius 3 is 2.76 bits per heavy atom. The van der Waals surface area contributed by atoms with Crippen LogP contribution in [0.25, 0.3) is 5.69 Å². The highest BCUT2D eigenvalue weighted by molar-refractivity contribution is 7.99. The quantitative estimate of drug-likeness (QED) is 0.479. The fraction of sp³-hybridized carbons (Fsp3) is 0.167. The lowest BCUT2D eigenvalue weighted by atomic mass is 10.1. The molecule has 3 rings (SSSR count). The van der Waals surface area contributed by atoms with Gasteiger partial charge in [0.25, 0.3) is 0 Å². The highest BCUT2D eigenvalue weighted by Crippen LogP contribution is 2.27. The summed E-state index contributed by atoms with van der Waals surface area (Å²) in [4.78, 5) is 12.4. The smallest absolute Gasteiger partial charge is 0.196 e. The van der Waals surface area contributed by atoms with Gasteiger partial charge in [0.2, 0.25) is 0 Å². The molecule has 1 aromatic heterocycles. The van der Waals surface area contributed by atoms with Crippen molar-refractivity contribution in [3.05, 3.63) is 60.4 Å². The molecule has 128 valence electrons. The number of hydrogen-bond acceptors (Lipinski definition) is 6. The Hall–Kier alpha value is -2.80. The number of Topliss-reactive ketones (excluding diaryl/α,β-unsaturated/α-hetero) is 1. The fourth-order valence-electron chi connectivity index (χ4n) is 2.33. The first-order valence-corrected chi connectivity index (χ1v) is 8.55. The Morgan fingerprint density at radius 2 is 1.96 bits per heavy atom. The van der Waals surface area contributed by atoms with Crippen LogP contribution in [-0.2, 0) is 0 Å². The Morgan fingerprint density at radius 1 is 1.12 bits per heavy atom. The van der Waals surface area contributed by atoms with Gasteiger partial charge in [0.1, 0.15) is 17.8 Å². The maximum Gasteiger partial charge on any atom is 0.196 e. The summed E-state index contributed by atoms with van der Waals surface area (Å²) in [5.41, 5.74) is 1.43. The van der Waals surface area contributed by atoms with Gasteiger partial charge in [-0.2, -0.15) is 0 Å². The Balaban J connectivity index is 1.76. The summed E-state index contributed by atoms with van der Waals surface area (Å²) in [6.07, 6.45) is 1.61. The summed E-state index contributed by atoms with van der Waals surface area (Å²) in [6, 6.07) is 14.7. The van der Waals surface area contributed by atoms with Crippen molar-refractivity contribution < 1.29 is 14.3 Å². The highest BCUT2D eigenvalue weighted by Gasteiger charge is 2.14. The van der Waals surface area contributed by atoms with Crippen molar-refractivity contribution in [1.82, 2.24) is 14.8 Å². The molecule has 25 heavy (non-hydrogen) atoms. The molecular formula is C18H17N3O3S. The first-order chi connectivity index (χ1) is 12.2. The number of benzene rings is 2. The van der Waals surface area contributed by atoms with Gasteiger partial charge in [-0.15, -0.1) is 10.2 Å². The molecule has 3 aromatic rings. The van der Waals surface area contributed by atoms with Crippen LogP contribution in [0, 0.1) is 0 Å². The van der Waals surface area contributed by atoms with Gasteiger partial charge in [-0.25, -0.2) is 0 Å². The van der Waals surface area contributed by atoms with Crippen molar-refractivity contribution in [2.45, 2.75) is 5.16 Å². The molecule has 1 heterocycles. The number of methoxy groups -OCH3 is 2. The van der Waals surface area contributed by atoms with Crippen LogP contribution in [0.5, 0.6) is 11.5 Å². The van der Waals surface area contributed by atoms with E-state index in [1.165, 1.54) is 11.8 Å². The number of thioether (sulfide) groups is 1. The van der Waals surface area contributed by atoms with Gasteiger partial charge in [-0.05, 0) is 24.3 Å². The molecule has 0 radical (unpaired) electrons. The SMILES string of the molecule is COc1cccc(C(=O)CSc2nncn2-c2ccccc2OC)c1. The summed E-state index contributed by atoms with van der Waals surface area (Å²) in [5, 5.41) is 8.69. The molecule has 0 fully saturated rings. The molecule has 0 spiro atoms. The molecule has 0 aliphatic carbocycles. The third-order valence-corrected chi connectivity index (χ3v) is 4.53. The standard InChI is InChI=1S/C18H17N3O3S/c1-23-14-7-5-6-13(10-14)16(22)11-25-18-20-19-12-21(18)15-8-3-4-9-17(15)24-2/h3-10,12H,11H2,1-2H3. The van der Waals surface area contributed by atoms with Crippen LogP contribution < -0.4 is 9.47 Å². The average Bonchev–Trinajstić information content (AvgIpc) is 3.14. The molecule has 0 amide bonds. The zero-order valence-electron chi connectivity index (χ0n) is 13.9. The van der Waals surface area contributed by atoms with Gasteiger partial charge in [0, 0.05) is 5.56 Å². The van der Waals surface area contributed by atoms with Crippen molar-refractivity contribution in [2.24, 2.45) is 0 Å². The number of para-hydroxylation sites is 2. The molecule has 0 N–H and O–H groups in total. The number of carbonyl (C=O) groups is 1. The minimum Gasteiger partial charge on any atom is -0.497 e. The predicted octanol–water partition coefficient (Wildman–Crippen LogP) is 3.26. The predicted molar refractivity (Wildman–Crippen MR) is 96.0 cm³/mol. The number of hydrogen-bond donors (Lipinski definition) is 0. The Kier molecular flexibility index (Phi) is 5.35. The topological polar surface area (TPSA) is 66.2 Å². The molecule has 0 unspecified atom stereocenters. The second-order valence-corrected chi connectivity index (χ2v) is 6.04. The maximum atomic E-state index is 12.4. The largest absolute Gasteiger partial charge is 0.497 e. The lowest BCUT2D eigenvalue weighted by Gasteiger charge is -2.10.